The Hall–Kier alpha value is -3.60. The van der Waals surface area contributed by atoms with Crippen LogP contribution in [-0.2, 0) is 22.6 Å². The highest BCUT2D eigenvalue weighted by molar-refractivity contribution is 5.88. The van der Waals surface area contributed by atoms with E-state index in [-0.39, 0.29) is 24.5 Å². The zero-order valence-electron chi connectivity index (χ0n) is 22.0. The van der Waals surface area contributed by atoms with Crippen molar-refractivity contribution in [2.45, 2.75) is 71.0 Å². The molecule has 1 atom stereocenters. The highest BCUT2D eigenvalue weighted by atomic mass is 16.5. The molecule has 3 aromatic rings. The maximum Gasteiger partial charge on any atom is 0.261 e. The molecule has 194 valence electrons. The standard InChI is InChI=1S/C32H38N2O3/c1-24-17-19-29(20-18-24)37-23-31(35)34(22-27-14-10-9-11-25(27)2)30(21-26-12-5-3-6-13-26)32(36)33-28-15-7-4-8-16-28/h3,5-6,9-14,17-20,28,30H,4,7-8,15-16,21-23H2,1-2H3,(H,33,36)/t30-/m1/s1. The minimum absolute atomic E-state index is 0.0898. The molecule has 4 rings (SSSR count). The first kappa shape index (κ1) is 26.5. The van der Waals surface area contributed by atoms with Crippen LogP contribution < -0.4 is 10.1 Å². The molecular formula is C32H38N2O3. The van der Waals surface area contributed by atoms with Crippen LogP contribution in [0, 0.1) is 13.8 Å². The highest BCUT2D eigenvalue weighted by Gasteiger charge is 2.32. The highest BCUT2D eigenvalue weighted by Crippen LogP contribution is 2.21. The normalized spacial score (nSPS) is 14.5. The van der Waals surface area contributed by atoms with Gasteiger partial charge >= 0.3 is 0 Å². The predicted octanol–water partition coefficient (Wildman–Crippen LogP) is 5.77. The molecule has 0 unspecified atom stereocenters. The van der Waals surface area contributed by atoms with Crippen LogP contribution in [-0.4, -0.2) is 35.4 Å². The summed E-state index contributed by atoms with van der Waals surface area (Å²) in [5, 5.41) is 3.28. The summed E-state index contributed by atoms with van der Waals surface area (Å²) in [4.78, 5) is 29.3. The molecule has 0 radical (unpaired) electrons. The Balaban J connectivity index is 1.61. The van der Waals surface area contributed by atoms with Crippen molar-refractivity contribution in [3.63, 3.8) is 0 Å². The number of nitrogens with one attached hydrogen (secondary N) is 1. The Morgan fingerprint density at radius 3 is 2.27 bits per heavy atom. The SMILES string of the molecule is Cc1ccc(OCC(=O)N(Cc2ccccc2C)[C@H](Cc2ccccc2)C(=O)NC2CCCCC2)cc1. The number of carbonyl (C=O) groups excluding carboxylic acids is 2. The summed E-state index contributed by atoms with van der Waals surface area (Å²) >= 11 is 0. The number of benzene rings is 3. The quantitative estimate of drug-likeness (QED) is 0.386. The number of hydrogen-bond acceptors (Lipinski definition) is 3. The van der Waals surface area contributed by atoms with Gasteiger partial charge in [0.2, 0.25) is 5.91 Å². The van der Waals surface area contributed by atoms with Crippen LogP contribution in [0.4, 0.5) is 0 Å². The molecule has 0 aromatic heterocycles. The molecule has 37 heavy (non-hydrogen) atoms. The maximum atomic E-state index is 13.8. The zero-order valence-corrected chi connectivity index (χ0v) is 22.0. The Morgan fingerprint density at radius 2 is 1.57 bits per heavy atom. The van der Waals surface area contributed by atoms with Crippen LogP contribution in [0.2, 0.25) is 0 Å². The summed E-state index contributed by atoms with van der Waals surface area (Å²) in [5.41, 5.74) is 4.26. The number of amides is 2. The topological polar surface area (TPSA) is 58.6 Å². The molecule has 0 heterocycles. The molecular weight excluding hydrogens is 460 g/mol. The molecule has 2 amide bonds. The van der Waals surface area contributed by atoms with E-state index in [0.29, 0.717) is 18.7 Å². The first-order valence-electron chi connectivity index (χ1n) is 13.4. The van der Waals surface area contributed by atoms with Gasteiger partial charge in [0.1, 0.15) is 11.8 Å². The molecule has 1 aliphatic rings. The van der Waals surface area contributed by atoms with Crippen molar-refractivity contribution in [2.75, 3.05) is 6.61 Å². The second-order valence-electron chi connectivity index (χ2n) is 10.1. The number of rotatable bonds is 10. The second-order valence-corrected chi connectivity index (χ2v) is 10.1. The van der Waals surface area contributed by atoms with Crippen molar-refractivity contribution in [3.05, 3.63) is 101 Å². The van der Waals surface area contributed by atoms with E-state index in [9.17, 15) is 9.59 Å². The number of ether oxygens (including phenoxy) is 1. The number of carbonyl (C=O) groups is 2. The lowest BCUT2D eigenvalue weighted by atomic mass is 9.94. The van der Waals surface area contributed by atoms with E-state index < -0.39 is 6.04 Å². The molecule has 1 N–H and O–H groups in total. The first-order valence-corrected chi connectivity index (χ1v) is 13.4. The average molecular weight is 499 g/mol. The molecule has 5 nitrogen and oxygen atoms in total. The summed E-state index contributed by atoms with van der Waals surface area (Å²) in [7, 11) is 0. The fourth-order valence-electron chi connectivity index (χ4n) is 4.93. The van der Waals surface area contributed by atoms with Gasteiger partial charge in [-0.2, -0.15) is 0 Å². The number of nitrogens with zero attached hydrogens (tertiary/aromatic N) is 1. The van der Waals surface area contributed by atoms with Crippen molar-refractivity contribution in [1.82, 2.24) is 10.2 Å². The van der Waals surface area contributed by atoms with Crippen LogP contribution in [0.25, 0.3) is 0 Å². The zero-order chi connectivity index (χ0) is 26.0. The van der Waals surface area contributed by atoms with Gasteiger partial charge in [0, 0.05) is 19.0 Å². The van der Waals surface area contributed by atoms with Gasteiger partial charge in [-0.25, -0.2) is 0 Å². The molecule has 5 heteroatoms. The van der Waals surface area contributed by atoms with E-state index >= 15 is 0 Å². The van der Waals surface area contributed by atoms with Gasteiger partial charge in [0.15, 0.2) is 6.61 Å². The van der Waals surface area contributed by atoms with Crippen molar-refractivity contribution >= 4 is 11.8 Å². The largest absolute Gasteiger partial charge is 0.484 e. The molecule has 1 aliphatic carbocycles. The summed E-state index contributed by atoms with van der Waals surface area (Å²) in [5.74, 6) is 0.345. The molecule has 0 saturated heterocycles. The van der Waals surface area contributed by atoms with E-state index in [0.717, 1.165) is 47.9 Å². The van der Waals surface area contributed by atoms with Crippen molar-refractivity contribution in [1.29, 1.82) is 0 Å². The van der Waals surface area contributed by atoms with Crippen LogP contribution in [0.15, 0.2) is 78.9 Å². The lowest BCUT2D eigenvalue weighted by Gasteiger charge is -2.33. The van der Waals surface area contributed by atoms with E-state index in [4.69, 9.17) is 4.74 Å². The summed E-state index contributed by atoms with van der Waals surface area (Å²) < 4.78 is 5.88. The predicted molar refractivity (Wildman–Crippen MR) is 147 cm³/mol. The van der Waals surface area contributed by atoms with E-state index in [1.807, 2.05) is 92.7 Å². The Labute approximate surface area is 220 Å². The van der Waals surface area contributed by atoms with Crippen LogP contribution in [0.3, 0.4) is 0 Å². The van der Waals surface area contributed by atoms with Gasteiger partial charge in [0.25, 0.3) is 5.91 Å². The van der Waals surface area contributed by atoms with Crippen LogP contribution in [0.5, 0.6) is 5.75 Å². The van der Waals surface area contributed by atoms with Gasteiger partial charge in [0.05, 0.1) is 0 Å². The van der Waals surface area contributed by atoms with Gasteiger partial charge in [-0.1, -0.05) is 91.6 Å². The summed E-state index contributed by atoms with van der Waals surface area (Å²) in [6.07, 6.45) is 5.91. The van der Waals surface area contributed by atoms with Gasteiger partial charge < -0.3 is 15.0 Å². The third kappa shape index (κ3) is 7.69. The minimum atomic E-state index is -0.641. The van der Waals surface area contributed by atoms with Crippen molar-refractivity contribution < 1.29 is 14.3 Å². The Morgan fingerprint density at radius 1 is 0.892 bits per heavy atom. The number of aryl methyl sites for hydroxylation is 2. The minimum Gasteiger partial charge on any atom is -0.484 e. The number of hydrogen-bond donors (Lipinski definition) is 1. The average Bonchev–Trinajstić information content (AvgIpc) is 2.92. The third-order valence-corrected chi connectivity index (χ3v) is 7.21. The molecule has 3 aromatic carbocycles. The fourth-order valence-corrected chi connectivity index (χ4v) is 4.93. The third-order valence-electron chi connectivity index (χ3n) is 7.21. The lowest BCUT2D eigenvalue weighted by molar-refractivity contribution is -0.143. The molecule has 1 fully saturated rings. The molecule has 0 spiro atoms. The smallest absolute Gasteiger partial charge is 0.261 e. The summed E-state index contributed by atoms with van der Waals surface area (Å²) in [6.45, 7) is 4.27. The fraction of sp³-hybridized carbons (Fsp3) is 0.375. The van der Waals surface area contributed by atoms with Crippen LogP contribution >= 0.6 is 0 Å². The van der Waals surface area contributed by atoms with E-state index in [1.54, 1.807) is 4.90 Å². The van der Waals surface area contributed by atoms with Gasteiger partial charge in [-0.3, -0.25) is 9.59 Å². The van der Waals surface area contributed by atoms with E-state index in [1.165, 1.54) is 6.42 Å². The van der Waals surface area contributed by atoms with E-state index in [2.05, 4.69) is 5.32 Å². The van der Waals surface area contributed by atoms with Crippen molar-refractivity contribution in [2.24, 2.45) is 0 Å². The molecule has 0 bridgehead atoms. The maximum absolute atomic E-state index is 13.8. The molecule has 0 aliphatic heterocycles. The lowest BCUT2D eigenvalue weighted by Crippen LogP contribution is -2.53. The molecule has 1 saturated carbocycles. The van der Waals surface area contributed by atoms with Gasteiger partial charge in [-0.15, -0.1) is 0 Å². The summed E-state index contributed by atoms with van der Waals surface area (Å²) in [6, 6.07) is 25.1. The second kappa shape index (κ2) is 13.1. The van der Waals surface area contributed by atoms with Crippen LogP contribution in [0.1, 0.15) is 54.4 Å². The first-order chi connectivity index (χ1) is 18.0. The Bertz CT molecular complexity index is 1150. The monoisotopic (exact) mass is 498 g/mol. The Kier molecular flexibility index (Phi) is 9.36. The van der Waals surface area contributed by atoms with Crippen molar-refractivity contribution in [3.8, 4) is 5.75 Å². The van der Waals surface area contributed by atoms with Gasteiger partial charge in [-0.05, 0) is 55.5 Å².